The van der Waals surface area contributed by atoms with Gasteiger partial charge >= 0.3 is 0 Å². The number of sulfone groups is 1. The van der Waals surface area contributed by atoms with Crippen molar-refractivity contribution in [3.05, 3.63) is 35.4 Å². The smallest absolute Gasteiger partial charge is 0.163 e. The molecular formula is C10H13BrO3S. The third-order valence-electron chi connectivity index (χ3n) is 2.16. The van der Waals surface area contributed by atoms with Crippen LogP contribution in [0.15, 0.2) is 24.3 Å². The molecule has 0 saturated heterocycles. The molecule has 0 aliphatic heterocycles. The molecule has 3 nitrogen and oxygen atoms in total. The van der Waals surface area contributed by atoms with Gasteiger partial charge in [0.1, 0.15) is 10.3 Å². The summed E-state index contributed by atoms with van der Waals surface area (Å²) in [6.07, 6.45) is 0.0506. The van der Waals surface area contributed by atoms with Gasteiger partial charge in [-0.25, -0.2) is 8.42 Å². The van der Waals surface area contributed by atoms with Crippen LogP contribution in [0.1, 0.15) is 17.2 Å². The molecule has 84 valence electrons. The van der Waals surface area contributed by atoms with Crippen LogP contribution in [0.2, 0.25) is 0 Å². The summed E-state index contributed by atoms with van der Waals surface area (Å²) in [5.74, 6) is 0. The minimum atomic E-state index is -3.30. The van der Waals surface area contributed by atoms with Crippen LogP contribution in [0.3, 0.4) is 0 Å². The fourth-order valence-corrected chi connectivity index (χ4v) is 2.19. The molecule has 1 aromatic carbocycles. The fourth-order valence-electron chi connectivity index (χ4n) is 1.29. The van der Waals surface area contributed by atoms with Crippen molar-refractivity contribution in [1.82, 2.24) is 0 Å². The normalized spacial score (nSPS) is 16.0. The highest BCUT2D eigenvalue weighted by Crippen LogP contribution is 2.28. The molecule has 15 heavy (non-hydrogen) atoms. The van der Waals surface area contributed by atoms with Crippen LogP contribution in [0.25, 0.3) is 0 Å². The number of rotatable bonds is 3. The Morgan fingerprint density at radius 1 is 1.33 bits per heavy atom. The minimum Gasteiger partial charge on any atom is -0.386 e. The number of halogens is 1. The molecular weight excluding hydrogens is 280 g/mol. The lowest BCUT2D eigenvalue weighted by Crippen LogP contribution is -2.21. The standard InChI is InChI=1S/C10H13BrO3S/c1-7-5-3-4-6-8(7)9(12)10(11)15(2,13)14/h3-6,9-10,12H,1-2H3/t9-,10-/m0/s1. The highest BCUT2D eigenvalue weighted by molar-refractivity contribution is 9.11. The third-order valence-corrected chi connectivity index (χ3v) is 5.78. The first kappa shape index (κ1) is 12.7. The molecule has 0 amide bonds. The van der Waals surface area contributed by atoms with Crippen LogP contribution >= 0.6 is 15.9 Å². The lowest BCUT2D eigenvalue weighted by Gasteiger charge is -2.17. The zero-order chi connectivity index (χ0) is 11.6. The van der Waals surface area contributed by atoms with Gasteiger partial charge in [-0.15, -0.1) is 0 Å². The maximum Gasteiger partial charge on any atom is 0.163 e. The van der Waals surface area contributed by atoms with E-state index in [1.165, 1.54) is 0 Å². The molecule has 0 spiro atoms. The lowest BCUT2D eigenvalue weighted by atomic mass is 10.1. The second-order valence-electron chi connectivity index (χ2n) is 3.48. The number of aliphatic hydroxyl groups excluding tert-OH is 1. The van der Waals surface area contributed by atoms with Crippen LogP contribution < -0.4 is 0 Å². The predicted octanol–water partition coefficient (Wildman–Crippen LogP) is 1.79. The van der Waals surface area contributed by atoms with Crippen molar-refractivity contribution >= 4 is 25.8 Å². The lowest BCUT2D eigenvalue weighted by molar-refractivity contribution is 0.194. The summed E-state index contributed by atoms with van der Waals surface area (Å²) >= 11 is 3.00. The van der Waals surface area contributed by atoms with E-state index in [9.17, 15) is 13.5 Å². The Morgan fingerprint density at radius 3 is 2.33 bits per heavy atom. The van der Waals surface area contributed by atoms with Crippen molar-refractivity contribution in [1.29, 1.82) is 0 Å². The van der Waals surface area contributed by atoms with Crippen LogP contribution in [0.4, 0.5) is 0 Å². The van der Waals surface area contributed by atoms with Gasteiger partial charge in [0.15, 0.2) is 9.84 Å². The van der Waals surface area contributed by atoms with Crippen LogP contribution in [0.5, 0.6) is 0 Å². The number of hydrogen-bond acceptors (Lipinski definition) is 3. The summed E-state index contributed by atoms with van der Waals surface area (Å²) in [4.78, 5) is 0. The SMILES string of the molecule is Cc1ccccc1[C@H](O)[C@@H](Br)S(C)(=O)=O. The van der Waals surface area contributed by atoms with Crippen LogP contribution in [0, 0.1) is 6.92 Å². The summed E-state index contributed by atoms with van der Waals surface area (Å²) in [6.45, 7) is 1.83. The molecule has 5 heteroatoms. The Bertz CT molecular complexity index is 442. The van der Waals surface area contributed by atoms with Gasteiger partial charge < -0.3 is 5.11 Å². The Kier molecular flexibility index (Phi) is 3.92. The van der Waals surface area contributed by atoms with E-state index in [1.807, 2.05) is 19.1 Å². The molecule has 0 aliphatic carbocycles. The molecule has 1 rings (SSSR count). The maximum absolute atomic E-state index is 11.3. The van der Waals surface area contributed by atoms with E-state index in [0.717, 1.165) is 11.8 Å². The zero-order valence-electron chi connectivity index (χ0n) is 8.51. The zero-order valence-corrected chi connectivity index (χ0v) is 10.9. The molecule has 2 atom stereocenters. The first-order chi connectivity index (χ1) is 6.84. The van der Waals surface area contributed by atoms with E-state index >= 15 is 0 Å². The Hall–Kier alpha value is -0.390. The molecule has 0 aliphatic rings. The van der Waals surface area contributed by atoms with Gasteiger partial charge in [-0.2, -0.15) is 0 Å². The first-order valence-corrected chi connectivity index (χ1v) is 7.27. The molecule has 1 N–H and O–H groups in total. The minimum absolute atomic E-state index is 0.629. The number of hydrogen-bond donors (Lipinski definition) is 1. The van der Waals surface area contributed by atoms with E-state index in [0.29, 0.717) is 5.56 Å². The summed E-state index contributed by atoms with van der Waals surface area (Å²) in [6, 6.07) is 7.17. The van der Waals surface area contributed by atoms with Gasteiger partial charge in [-0.1, -0.05) is 40.2 Å². The second kappa shape index (κ2) is 4.63. The van der Waals surface area contributed by atoms with Gasteiger partial charge in [0.05, 0.1) is 0 Å². The fraction of sp³-hybridized carbons (Fsp3) is 0.400. The molecule has 0 bridgehead atoms. The number of aryl methyl sites for hydroxylation is 1. The highest BCUT2D eigenvalue weighted by Gasteiger charge is 2.27. The van der Waals surface area contributed by atoms with E-state index in [4.69, 9.17) is 0 Å². The quantitative estimate of drug-likeness (QED) is 0.865. The Balaban J connectivity index is 3.06. The average molecular weight is 293 g/mol. The van der Waals surface area contributed by atoms with E-state index in [-0.39, 0.29) is 0 Å². The monoisotopic (exact) mass is 292 g/mol. The van der Waals surface area contributed by atoms with Gasteiger partial charge in [0, 0.05) is 6.26 Å². The summed E-state index contributed by atoms with van der Waals surface area (Å²) in [7, 11) is -3.30. The Labute approximate surface area is 98.2 Å². The van der Waals surface area contributed by atoms with E-state index in [2.05, 4.69) is 15.9 Å². The maximum atomic E-state index is 11.3. The van der Waals surface area contributed by atoms with Crippen molar-refractivity contribution in [2.75, 3.05) is 6.26 Å². The van der Waals surface area contributed by atoms with Gasteiger partial charge in [0.25, 0.3) is 0 Å². The molecule has 0 heterocycles. The topological polar surface area (TPSA) is 54.4 Å². The van der Waals surface area contributed by atoms with Crippen LogP contribution in [-0.2, 0) is 9.84 Å². The Morgan fingerprint density at radius 2 is 1.87 bits per heavy atom. The molecule has 0 saturated carbocycles. The van der Waals surface area contributed by atoms with E-state index in [1.54, 1.807) is 12.1 Å². The van der Waals surface area contributed by atoms with Gasteiger partial charge in [-0.05, 0) is 18.1 Å². The first-order valence-electron chi connectivity index (χ1n) is 4.40. The van der Waals surface area contributed by atoms with Gasteiger partial charge in [0.2, 0.25) is 0 Å². The highest BCUT2D eigenvalue weighted by atomic mass is 79.9. The average Bonchev–Trinajstić information content (AvgIpc) is 2.15. The molecule has 0 unspecified atom stereocenters. The van der Waals surface area contributed by atoms with Crippen molar-refractivity contribution in [3.63, 3.8) is 0 Å². The van der Waals surface area contributed by atoms with Crippen molar-refractivity contribution in [3.8, 4) is 0 Å². The summed E-state index contributed by atoms with van der Waals surface area (Å²) in [5.41, 5.74) is 1.50. The number of aliphatic hydroxyl groups is 1. The summed E-state index contributed by atoms with van der Waals surface area (Å²) < 4.78 is 21.5. The number of benzene rings is 1. The van der Waals surface area contributed by atoms with Gasteiger partial charge in [-0.3, -0.25) is 0 Å². The molecule has 1 aromatic rings. The van der Waals surface area contributed by atoms with Crippen LogP contribution in [-0.4, -0.2) is 23.9 Å². The largest absolute Gasteiger partial charge is 0.386 e. The molecule has 0 aromatic heterocycles. The van der Waals surface area contributed by atoms with Crippen molar-refractivity contribution < 1.29 is 13.5 Å². The predicted molar refractivity (Wildman–Crippen MR) is 63.7 cm³/mol. The third kappa shape index (κ3) is 3.03. The molecule has 0 fully saturated rings. The summed E-state index contributed by atoms with van der Waals surface area (Å²) in [5, 5.41) is 9.88. The molecule has 0 radical (unpaired) electrons. The van der Waals surface area contributed by atoms with E-state index < -0.39 is 20.1 Å². The van der Waals surface area contributed by atoms with Crippen molar-refractivity contribution in [2.24, 2.45) is 0 Å². The number of alkyl halides is 1. The van der Waals surface area contributed by atoms with Crippen molar-refractivity contribution in [2.45, 2.75) is 17.2 Å². The second-order valence-corrected chi connectivity index (χ2v) is 7.24.